The monoisotopic (exact) mass is 516 g/mol. The Balaban J connectivity index is 1.52. The fourth-order valence-electron chi connectivity index (χ4n) is 5.19. The Hall–Kier alpha value is -3.65. The van der Waals surface area contributed by atoms with E-state index in [1.807, 2.05) is 66.0 Å². The fourth-order valence-corrected chi connectivity index (χ4v) is 5.48. The number of thiocarbonyl (C=S) groups is 1. The number of rotatable bonds is 7. The van der Waals surface area contributed by atoms with Crippen molar-refractivity contribution in [2.45, 2.75) is 39.7 Å². The number of anilines is 1. The summed E-state index contributed by atoms with van der Waals surface area (Å²) in [6, 6.07) is 13.6. The van der Waals surface area contributed by atoms with E-state index in [9.17, 15) is 9.59 Å². The maximum Gasteiger partial charge on any atom is 0.281 e. The van der Waals surface area contributed by atoms with Gasteiger partial charge in [0, 0.05) is 37.3 Å². The summed E-state index contributed by atoms with van der Waals surface area (Å²) in [4.78, 5) is 31.8. The van der Waals surface area contributed by atoms with Crippen LogP contribution in [0.4, 0.5) is 5.69 Å². The molecule has 37 heavy (non-hydrogen) atoms. The Morgan fingerprint density at radius 1 is 1.08 bits per heavy atom. The number of hydrogen-bond donors (Lipinski definition) is 0. The van der Waals surface area contributed by atoms with Crippen molar-refractivity contribution in [1.82, 2.24) is 14.4 Å². The summed E-state index contributed by atoms with van der Waals surface area (Å²) in [5.41, 5.74) is 4.30. The first-order chi connectivity index (χ1) is 17.9. The van der Waals surface area contributed by atoms with Gasteiger partial charge in [-0.05, 0) is 74.3 Å². The molecule has 2 aliphatic rings. The molecule has 2 aliphatic heterocycles. The zero-order valence-electron chi connectivity index (χ0n) is 21.6. The van der Waals surface area contributed by atoms with Gasteiger partial charge in [0.15, 0.2) is 5.11 Å². The molecule has 192 valence electrons. The summed E-state index contributed by atoms with van der Waals surface area (Å²) in [6.07, 6.45) is 6.86. The molecule has 0 radical (unpaired) electrons. The highest BCUT2D eigenvalue weighted by Gasteiger charge is 2.37. The number of likely N-dealkylation sites (N-methyl/N-ethyl adjacent to an activating group) is 1. The van der Waals surface area contributed by atoms with E-state index in [1.54, 1.807) is 9.80 Å². The number of carbonyl (C=O) groups excluding carboxylic acids is 2. The van der Waals surface area contributed by atoms with Crippen molar-refractivity contribution in [2.24, 2.45) is 0 Å². The van der Waals surface area contributed by atoms with Gasteiger partial charge in [0.1, 0.15) is 18.0 Å². The van der Waals surface area contributed by atoms with Gasteiger partial charge in [-0.3, -0.25) is 14.5 Å². The van der Waals surface area contributed by atoms with Crippen molar-refractivity contribution in [3.8, 4) is 5.75 Å². The van der Waals surface area contributed by atoms with Gasteiger partial charge >= 0.3 is 0 Å². The molecular weight excluding hydrogens is 484 g/mol. The Labute approximate surface area is 222 Å². The lowest BCUT2D eigenvalue weighted by Crippen LogP contribution is -2.31. The Bertz CT molecular complexity index is 1390. The molecule has 2 amide bonds. The predicted octanol–water partition coefficient (Wildman–Crippen LogP) is 4.83. The number of aromatic nitrogens is 1. The molecule has 2 saturated heterocycles. The van der Waals surface area contributed by atoms with Crippen LogP contribution in [-0.2, 0) is 22.6 Å². The number of hydrogen-bond acceptors (Lipinski definition) is 4. The molecular formula is C29H32N4O3S. The van der Waals surface area contributed by atoms with Gasteiger partial charge in [-0.15, -0.1) is 0 Å². The van der Waals surface area contributed by atoms with Gasteiger partial charge < -0.3 is 19.1 Å². The van der Waals surface area contributed by atoms with Crippen LogP contribution in [0.15, 0.2) is 54.4 Å². The van der Waals surface area contributed by atoms with Gasteiger partial charge in [0.05, 0.1) is 17.8 Å². The van der Waals surface area contributed by atoms with E-state index in [0.717, 1.165) is 54.6 Å². The van der Waals surface area contributed by atoms with E-state index in [4.69, 9.17) is 17.0 Å². The molecule has 0 bridgehead atoms. The highest BCUT2D eigenvalue weighted by molar-refractivity contribution is 7.80. The van der Waals surface area contributed by atoms with Crippen LogP contribution in [0.3, 0.4) is 0 Å². The molecule has 0 aliphatic carbocycles. The molecule has 5 rings (SSSR count). The lowest BCUT2D eigenvalue weighted by atomic mass is 10.1. The summed E-state index contributed by atoms with van der Waals surface area (Å²) in [6.45, 7) is 6.57. The number of para-hydroxylation sites is 1. The normalized spacial score (nSPS) is 17.1. The molecule has 0 atom stereocenters. The highest BCUT2D eigenvalue weighted by Crippen LogP contribution is 2.32. The third kappa shape index (κ3) is 4.62. The maximum absolute atomic E-state index is 13.6. The Kier molecular flexibility index (Phi) is 7.02. The smallest absolute Gasteiger partial charge is 0.281 e. The minimum Gasteiger partial charge on any atom is -0.494 e. The second-order valence-corrected chi connectivity index (χ2v) is 9.77. The van der Waals surface area contributed by atoms with Gasteiger partial charge in [-0.2, -0.15) is 0 Å². The van der Waals surface area contributed by atoms with Crippen LogP contribution >= 0.6 is 12.2 Å². The van der Waals surface area contributed by atoms with E-state index in [1.165, 1.54) is 5.56 Å². The summed E-state index contributed by atoms with van der Waals surface area (Å²) in [7, 11) is 1.81. The number of ether oxygens (including phenoxy) is 1. The fraction of sp³-hybridized carbons (Fsp3) is 0.345. The van der Waals surface area contributed by atoms with Crippen molar-refractivity contribution < 1.29 is 14.3 Å². The Morgan fingerprint density at radius 3 is 2.49 bits per heavy atom. The first-order valence-electron chi connectivity index (χ1n) is 12.9. The second kappa shape index (κ2) is 10.4. The zero-order valence-corrected chi connectivity index (χ0v) is 22.4. The van der Waals surface area contributed by atoms with Gasteiger partial charge in [0.25, 0.3) is 5.91 Å². The van der Waals surface area contributed by atoms with Crippen molar-refractivity contribution in [2.75, 3.05) is 31.6 Å². The van der Waals surface area contributed by atoms with Crippen LogP contribution < -0.4 is 9.64 Å². The first-order valence-corrected chi connectivity index (χ1v) is 13.3. The molecule has 2 aromatic carbocycles. The number of benzene rings is 2. The van der Waals surface area contributed by atoms with E-state index >= 15 is 0 Å². The quantitative estimate of drug-likeness (QED) is 0.333. The molecule has 7 nitrogen and oxygen atoms in total. The lowest BCUT2D eigenvalue weighted by molar-refractivity contribution is -0.130. The van der Waals surface area contributed by atoms with E-state index in [0.29, 0.717) is 23.1 Å². The first kappa shape index (κ1) is 25.0. The zero-order chi connectivity index (χ0) is 26.1. The van der Waals surface area contributed by atoms with Crippen LogP contribution in [0.5, 0.6) is 5.75 Å². The maximum atomic E-state index is 13.6. The summed E-state index contributed by atoms with van der Waals surface area (Å²) in [5.74, 6) is 0.699. The van der Waals surface area contributed by atoms with Gasteiger partial charge in [0.2, 0.25) is 5.91 Å². The molecule has 0 saturated carbocycles. The topological polar surface area (TPSA) is 58.0 Å². The number of carbonyl (C=O) groups is 2. The van der Waals surface area contributed by atoms with Gasteiger partial charge in [-0.25, -0.2) is 0 Å². The Morgan fingerprint density at radius 2 is 1.81 bits per heavy atom. The molecule has 3 heterocycles. The van der Waals surface area contributed by atoms with Crippen LogP contribution in [0, 0.1) is 0 Å². The molecule has 0 unspecified atom stereocenters. The van der Waals surface area contributed by atoms with Gasteiger partial charge in [-0.1, -0.05) is 25.1 Å². The average molecular weight is 517 g/mol. The van der Waals surface area contributed by atoms with Crippen LogP contribution in [-0.4, -0.2) is 58.0 Å². The molecule has 8 heteroatoms. The van der Waals surface area contributed by atoms with Crippen molar-refractivity contribution in [3.63, 3.8) is 0 Å². The summed E-state index contributed by atoms with van der Waals surface area (Å²) < 4.78 is 7.58. The molecule has 0 N–H and O–H groups in total. The largest absolute Gasteiger partial charge is 0.494 e. The predicted molar refractivity (Wildman–Crippen MR) is 151 cm³/mol. The second-order valence-electron chi connectivity index (χ2n) is 9.41. The number of amides is 2. The van der Waals surface area contributed by atoms with E-state index in [-0.39, 0.29) is 18.4 Å². The highest BCUT2D eigenvalue weighted by atomic mass is 32.1. The number of fused-ring (bicyclic) bond motifs is 1. The summed E-state index contributed by atoms with van der Waals surface area (Å²) >= 11 is 5.66. The van der Waals surface area contributed by atoms with Crippen LogP contribution in [0.2, 0.25) is 0 Å². The number of likely N-dealkylation sites (tertiary alicyclic amines) is 1. The molecule has 2 fully saturated rings. The van der Waals surface area contributed by atoms with Crippen molar-refractivity contribution in [1.29, 1.82) is 0 Å². The molecule has 0 spiro atoms. The molecule has 3 aromatic rings. The average Bonchev–Trinajstić information content (AvgIpc) is 3.61. The van der Waals surface area contributed by atoms with Crippen LogP contribution in [0.1, 0.15) is 37.8 Å². The van der Waals surface area contributed by atoms with E-state index < -0.39 is 0 Å². The van der Waals surface area contributed by atoms with Crippen LogP contribution in [0.25, 0.3) is 17.0 Å². The van der Waals surface area contributed by atoms with E-state index in [2.05, 4.69) is 19.1 Å². The van der Waals surface area contributed by atoms with Crippen molar-refractivity contribution in [3.05, 3.63) is 65.5 Å². The standard InChI is InChI=1S/C29H32N4O3S/c1-4-20-9-8-10-24-21(18-32(27(20)24)19-26(34)31-15-6-7-16-31)17-25-28(35)33(29(37)30(25)3)22-11-13-23(14-12-22)36-5-2/h8-14,17-18H,4-7,15-16,19H2,1-3H3/b25-17-. The third-order valence-electron chi connectivity index (χ3n) is 7.12. The SMILES string of the molecule is CCOc1ccc(N2C(=O)/C(=C/c3cn(CC(=O)N4CCCC4)c4c(CC)cccc34)N(C)C2=S)cc1. The number of aryl methyl sites for hydroxylation is 1. The lowest BCUT2D eigenvalue weighted by Gasteiger charge is -2.16. The van der Waals surface area contributed by atoms with Crippen molar-refractivity contribution >= 4 is 51.8 Å². The summed E-state index contributed by atoms with van der Waals surface area (Å²) in [5, 5.41) is 1.44. The number of nitrogens with zero attached hydrogens (tertiary/aromatic N) is 4. The molecule has 1 aromatic heterocycles. The minimum absolute atomic E-state index is 0.136. The minimum atomic E-state index is -0.183. The third-order valence-corrected chi connectivity index (χ3v) is 7.57.